The van der Waals surface area contributed by atoms with Crippen molar-refractivity contribution in [3.05, 3.63) is 52.6 Å². The van der Waals surface area contributed by atoms with Crippen molar-refractivity contribution < 1.29 is 4.79 Å². The number of carbonyl (C=O) groups excluding carboxylic acids is 1. The molecule has 4 rings (SSSR count). The first-order chi connectivity index (χ1) is 11.7. The Kier molecular flexibility index (Phi) is 3.93. The zero-order valence-corrected chi connectivity index (χ0v) is 14.2. The van der Waals surface area contributed by atoms with Gasteiger partial charge in [-0.1, -0.05) is 12.1 Å². The molecule has 2 amide bonds. The molecule has 0 aromatic carbocycles. The van der Waals surface area contributed by atoms with E-state index in [-0.39, 0.29) is 12.1 Å². The third-order valence-corrected chi connectivity index (χ3v) is 5.08. The second-order valence-corrected chi connectivity index (χ2v) is 7.13. The van der Waals surface area contributed by atoms with Crippen LogP contribution in [0.2, 0.25) is 0 Å². The molecule has 124 valence electrons. The molecular weight excluding hydrogens is 322 g/mol. The molecule has 1 unspecified atom stereocenters. The van der Waals surface area contributed by atoms with Crippen LogP contribution in [0.1, 0.15) is 36.5 Å². The molecule has 3 aromatic heterocycles. The van der Waals surface area contributed by atoms with Gasteiger partial charge < -0.3 is 10.2 Å². The van der Waals surface area contributed by atoms with E-state index in [1.807, 2.05) is 52.1 Å². The molecule has 1 atom stereocenters. The van der Waals surface area contributed by atoms with E-state index in [1.54, 1.807) is 11.3 Å². The first-order valence-corrected chi connectivity index (χ1v) is 8.99. The van der Waals surface area contributed by atoms with Gasteiger partial charge in [0.25, 0.3) is 0 Å². The van der Waals surface area contributed by atoms with Gasteiger partial charge in [-0.2, -0.15) is 0 Å². The van der Waals surface area contributed by atoms with Gasteiger partial charge in [0.2, 0.25) is 0 Å². The molecule has 0 bridgehead atoms. The maximum absolute atomic E-state index is 12.8. The zero-order chi connectivity index (χ0) is 16.5. The predicted molar refractivity (Wildman–Crippen MR) is 92.8 cm³/mol. The van der Waals surface area contributed by atoms with Crippen molar-refractivity contribution >= 4 is 23.0 Å². The lowest BCUT2D eigenvalue weighted by molar-refractivity contribution is 0.188. The number of pyridine rings is 1. The van der Waals surface area contributed by atoms with E-state index in [4.69, 9.17) is 0 Å². The summed E-state index contributed by atoms with van der Waals surface area (Å²) in [6.45, 7) is 2.61. The minimum atomic E-state index is -0.209. The Balaban J connectivity index is 1.49. The van der Waals surface area contributed by atoms with E-state index in [9.17, 15) is 4.79 Å². The Morgan fingerprint density at radius 2 is 2.25 bits per heavy atom. The number of thiophene rings is 1. The fourth-order valence-corrected chi connectivity index (χ4v) is 3.51. The Hall–Kier alpha value is -2.41. The summed E-state index contributed by atoms with van der Waals surface area (Å²) in [6, 6.07) is 9.96. The molecule has 0 saturated heterocycles. The third-order valence-electron chi connectivity index (χ3n) is 4.22. The van der Waals surface area contributed by atoms with Gasteiger partial charge in [-0.05, 0) is 43.3 Å². The molecule has 1 aliphatic carbocycles. The summed E-state index contributed by atoms with van der Waals surface area (Å²) in [5.74, 6) is 0.742. The highest BCUT2D eigenvalue weighted by molar-refractivity contribution is 7.09. The highest BCUT2D eigenvalue weighted by atomic mass is 32.1. The van der Waals surface area contributed by atoms with Crippen molar-refractivity contribution in [3.63, 3.8) is 0 Å². The fraction of sp³-hybridized carbons (Fsp3) is 0.353. The molecule has 7 heteroatoms. The minimum absolute atomic E-state index is 0.0360. The molecule has 6 nitrogen and oxygen atoms in total. The van der Waals surface area contributed by atoms with Gasteiger partial charge in [0.15, 0.2) is 11.5 Å². The quantitative estimate of drug-likeness (QED) is 0.775. The number of fused-ring (bicyclic) bond motifs is 1. The van der Waals surface area contributed by atoms with Gasteiger partial charge in [-0.3, -0.25) is 4.40 Å². The molecule has 3 heterocycles. The largest absolute Gasteiger partial charge is 0.328 e. The second kappa shape index (κ2) is 6.24. The molecule has 3 aromatic rings. The predicted octanol–water partition coefficient (Wildman–Crippen LogP) is 3.23. The van der Waals surface area contributed by atoms with Gasteiger partial charge in [0.1, 0.15) is 0 Å². The van der Waals surface area contributed by atoms with Crippen molar-refractivity contribution in [1.29, 1.82) is 0 Å². The van der Waals surface area contributed by atoms with Gasteiger partial charge in [-0.15, -0.1) is 21.5 Å². The molecule has 0 spiro atoms. The maximum Gasteiger partial charge on any atom is 0.318 e. The van der Waals surface area contributed by atoms with Crippen molar-refractivity contribution in [1.82, 2.24) is 24.8 Å². The summed E-state index contributed by atoms with van der Waals surface area (Å²) < 4.78 is 1.91. The van der Waals surface area contributed by atoms with E-state index >= 15 is 0 Å². The van der Waals surface area contributed by atoms with Crippen LogP contribution in [0.15, 0.2) is 41.9 Å². The topological polar surface area (TPSA) is 62.5 Å². The smallest absolute Gasteiger partial charge is 0.318 e. The number of urea groups is 1. The summed E-state index contributed by atoms with van der Waals surface area (Å²) >= 11 is 1.68. The summed E-state index contributed by atoms with van der Waals surface area (Å²) in [4.78, 5) is 15.9. The van der Waals surface area contributed by atoms with Gasteiger partial charge in [0, 0.05) is 17.1 Å². The average molecular weight is 341 g/mol. The number of hydrogen-bond acceptors (Lipinski definition) is 4. The lowest BCUT2D eigenvalue weighted by Gasteiger charge is -2.24. The fourth-order valence-electron chi connectivity index (χ4n) is 2.81. The molecule has 0 radical (unpaired) electrons. The minimum Gasteiger partial charge on any atom is -0.328 e. The molecular formula is C17H19N5OS. The lowest BCUT2D eigenvalue weighted by atomic mass is 10.3. The van der Waals surface area contributed by atoms with Crippen molar-refractivity contribution in [2.24, 2.45) is 0 Å². The van der Waals surface area contributed by atoms with E-state index in [1.165, 1.54) is 4.88 Å². The number of rotatable bonds is 5. The third kappa shape index (κ3) is 2.99. The molecule has 1 saturated carbocycles. The van der Waals surface area contributed by atoms with Gasteiger partial charge >= 0.3 is 6.03 Å². The molecule has 1 aliphatic rings. The van der Waals surface area contributed by atoms with E-state index < -0.39 is 0 Å². The van der Waals surface area contributed by atoms with Crippen molar-refractivity contribution in [3.8, 4) is 0 Å². The zero-order valence-electron chi connectivity index (χ0n) is 13.4. The first kappa shape index (κ1) is 15.1. The number of amides is 2. The summed E-state index contributed by atoms with van der Waals surface area (Å²) in [5.41, 5.74) is 0.784. The highest BCUT2D eigenvalue weighted by Crippen LogP contribution is 2.29. The molecule has 0 aliphatic heterocycles. The van der Waals surface area contributed by atoms with Gasteiger partial charge in [-0.25, -0.2) is 4.79 Å². The van der Waals surface area contributed by atoms with E-state index in [0.29, 0.717) is 12.6 Å². The van der Waals surface area contributed by atoms with Crippen molar-refractivity contribution in [2.45, 2.75) is 38.4 Å². The number of nitrogens with zero attached hydrogens (tertiary/aromatic N) is 4. The second-order valence-electron chi connectivity index (χ2n) is 6.10. The lowest BCUT2D eigenvalue weighted by Crippen LogP contribution is -2.42. The highest BCUT2D eigenvalue weighted by Gasteiger charge is 2.33. The van der Waals surface area contributed by atoms with Crippen molar-refractivity contribution in [2.75, 3.05) is 0 Å². The first-order valence-electron chi connectivity index (χ1n) is 8.11. The Morgan fingerprint density at radius 1 is 1.38 bits per heavy atom. The number of nitrogens with one attached hydrogen (secondary N) is 1. The van der Waals surface area contributed by atoms with Crippen LogP contribution in [-0.4, -0.2) is 31.6 Å². The van der Waals surface area contributed by atoms with E-state index in [2.05, 4.69) is 21.6 Å². The normalized spacial score (nSPS) is 15.4. The summed E-state index contributed by atoms with van der Waals surface area (Å²) in [6.07, 6.45) is 4.08. The van der Waals surface area contributed by atoms with Crippen LogP contribution in [0.5, 0.6) is 0 Å². The Morgan fingerprint density at radius 3 is 3.00 bits per heavy atom. The number of aromatic nitrogens is 3. The van der Waals surface area contributed by atoms with Crippen LogP contribution in [0, 0.1) is 0 Å². The SMILES string of the molecule is CC(NC(=O)N(Cc1cccs1)C1CC1)c1nnc2ccccn12. The molecule has 24 heavy (non-hydrogen) atoms. The monoisotopic (exact) mass is 341 g/mol. The van der Waals surface area contributed by atoms with Crippen LogP contribution in [-0.2, 0) is 6.54 Å². The average Bonchev–Trinajstić information content (AvgIpc) is 3.11. The standard InChI is InChI=1S/C17H19N5OS/c1-12(16-20-19-15-6-2-3-9-21(15)16)18-17(23)22(13-7-8-13)11-14-5-4-10-24-14/h2-6,9-10,12-13H,7-8,11H2,1H3,(H,18,23). The Labute approximate surface area is 144 Å². The maximum atomic E-state index is 12.8. The van der Waals surface area contributed by atoms with Crippen LogP contribution in [0.4, 0.5) is 4.79 Å². The van der Waals surface area contributed by atoms with E-state index in [0.717, 1.165) is 24.3 Å². The van der Waals surface area contributed by atoms with Gasteiger partial charge in [0.05, 0.1) is 12.6 Å². The van der Waals surface area contributed by atoms with Crippen LogP contribution < -0.4 is 5.32 Å². The Bertz CT molecular complexity index is 840. The molecule has 1 fully saturated rings. The molecule has 1 N–H and O–H groups in total. The number of carbonyl (C=O) groups is 1. The van der Waals surface area contributed by atoms with Crippen LogP contribution in [0.25, 0.3) is 5.65 Å². The summed E-state index contributed by atoms with van der Waals surface area (Å²) in [5, 5.41) is 13.5. The number of hydrogen-bond donors (Lipinski definition) is 1. The van der Waals surface area contributed by atoms with Crippen LogP contribution >= 0.6 is 11.3 Å². The summed E-state index contributed by atoms with van der Waals surface area (Å²) in [7, 11) is 0. The van der Waals surface area contributed by atoms with Crippen LogP contribution in [0.3, 0.4) is 0 Å².